The molecule has 0 bridgehead atoms. The zero-order valence-corrected chi connectivity index (χ0v) is 15.0. The molecule has 0 aromatic heterocycles. The largest absolute Gasteiger partial charge is 0.492 e. The molecule has 0 fully saturated rings. The Labute approximate surface area is 135 Å². The molecule has 2 heteroatoms. The normalized spacial score (nSPS) is 12.1. The molecule has 0 aliphatic rings. The van der Waals surface area contributed by atoms with Gasteiger partial charge >= 0.3 is 0 Å². The van der Waals surface area contributed by atoms with Crippen LogP contribution in [-0.2, 0) is 4.74 Å². The van der Waals surface area contributed by atoms with Crippen molar-refractivity contribution >= 4 is 5.76 Å². The van der Waals surface area contributed by atoms with Crippen LogP contribution in [0.15, 0.2) is 18.2 Å². The molecule has 0 atom stereocenters. The summed E-state index contributed by atoms with van der Waals surface area (Å²) in [6, 6.07) is 6.69. The summed E-state index contributed by atoms with van der Waals surface area (Å²) < 4.78 is 5.79. The summed E-state index contributed by atoms with van der Waals surface area (Å²) in [6.45, 7) is 15.7. The van der Waals surface area contributed by atoms with Crippen molar-refractivity contribution in [3.05, 3.63) is 40.5 Å². The molecule has 2 nitrogen and oxygen atoms in total. The second-order valence-electron chi connectivity index (χ2n) is 6.61. The van der Waals surface area contributed by atoms with Crippen LogP contribution in [0.1, 0.15) is 88.5 Å². The lowest BCUT2D eigenvalue weighted by molar-refractivity contribution is 0.297. The smallest absolute Gasteiger partial charge is 0.137 e. The molecule has 0 saturated carbocycles. The Hall–Kier alpha value is -1.75. The third-order valence-corrected chi connectivity index (χ3v) is 3.87. The summed E-state index contributed by atoms with van der Waals surface area (Å²) in [5.41, 5.74) is 5.00. The molecular formula is C20H29NO. The standard InChI is InChI=1S/C20H29NO/c1-8-22-19(9-10-21)20-17(14(4)5)11-16(13(2)3)12-18(20)15(6)7/h9,11-15H,8H2,1-7H3/b19-9-. The lowest BCUT2D eigenvalue weighted by Gasteiger charge is -2.24. The third kappa shape index (κ3) is 4.13. The Kier molecular flexibility index (Phi) is 6.68. The number of hydrogen-bond acceptors (Lipinski definition) is 2. The first-order chi connectivity index (χ1) is 10.3. The summed E-state index contributed by atoms with van der Waals surface area (Å²) in [5.74, 6) is 1.95. The van der Waals surface area contributed by atoms with Crippen LogP contribution in [0.25, 0.3) is 5.76 Å². The van der Waals surface area contributed by atoms with Crippen LogP contribution < -0.4 is 0 Å². The molecule has 0 amide bonds. The monoisotopic (exact) mass is 299 g/mol. The van der Waals surface area contributed by atoms with Crippen molar-refractivity contribution in [1.29, 1.82) is 5.26 Å². The van der Waals surface area contributed by atoms with Gasteiger partial charge in [-0.25, -0.2) is 0 Å². The number of ether oxygens (including phenoxy) is 1. The number of nitrogens with zero attached hydrogens (tertiary/aromatic N) is 1. The molecule has 0 saturated heterocycles. The Morgan fingerprint density at radius 2 is 1.55 bits per heavy atom. The predicted octanol–water partition coefficient (Wildman–Crippen LogP) is 5.96. The minimum atomic E-state index is 0.383. The van der Waals surface area contributed by atoms with Crippen LogP contribution in [0.4, 0.5) is 0 Å². The van der Waals surface area contributed by atoms with E-state index in [2.05, 4.69) is 59.7 Å². The van der Waals surface area contributed by atoms with Gasteiger partial charge in [-0.2, -0.15) is 5.26 Å². The van der Waals surface area contributed by atoms with Crippen LogP contribution in [0.5, 0.6) is 0 Å². The highest BCUT2D eigenvalue weighted by atomic mass is 16.5. The van der Waals surface area contributed by atoms with Crippen LogP contribution in [-0.4, -0.2) is 6.61 Å². The van der Waals surface area contributed by atoms with E-state index in [0.717, 1.165) is 5.56 Å². The Balaban J connectivity index is 3.71. The van der Waals surface area contributed by atoms with Crippen molar-refractivity contribution in [2.24, 2.45) is 0 Å². The second kappa shape index (κ2) is 8.03. The van der Waals surface area contributed by atoms with Gasteiger partial charge < -0.3 is 4.74 Å². The minimum Gasteiger partial charge on any atom is -0.492 e. The van der Waals surface area contributed by atoms with E-state index in [0.29, 0.717) is 30.1 Å². The van der Waals surface area contributed by atoms with Gasteiger partial charge in [0.05, 0.1) is 18.8 Å². The van der Waals surface area contributed by atoms with Crippen LogP contribution in [0.2, 0.25) is 0 Å². The van der Waals surface area contributed by atoms with Gasteiger partial charge in [-0.3, -0.25) is 0 Å². The van der Waals surface area contributed by atoms with Gasteiger partial charge in [0.2, 0.25) is 0 Å². The second-order valence-corrected chi connectivity index (χ2v) is 6.61. The maximum absolute atomic E-state index is 9.12. The van der Waals surface area contributed by atoms with Gasteiger partial charge in [-0.05, 0) is 41.4 Å². The van der Waals surface area contributed by atoms with E-state index in [9.17, 15) is 0 Å². The molecule has 0 aliphatic carbocycles. The van der Waals surface area contributed by atoms with Crippen LogP contribution in [0.3, 0.4) is 0 Å². The highest BCUT2D eigenvalue weighted by Gasteiger charge is 2.20. The van der Waals surface area contributed by atoms with Gasteiger partial charge in [0.15, 0.2) is 0 Å². The van der Waals surface area contributed by atoms with E-state index >= 15 is 0 Å². The first-order valence-electron chi connectivity index (χ1n) is 8.24. The minimum absolute atomic E-state index is 0.383. The molecule has 0 radical (unpaired) electrons. The summed E-state index contributed by atoms with van der Waals surface area (Å²) in [5, 5.41) is 9.12. The van der Waals surface area contributed by atoms with Gasteiger partial charge in [0.25, 0.3) is 0 Å². The number of hydrogen-bond donors (Lipinski definition) is 0. The molecule has 120 valence electrons. The van der Waals surface area contributed by atoms with Gasteiger partial charge in [-0.15, -0.1) is 0 Å². The topological polar surface area (TPSA) is 33.0 Å². The molecule has 0 heterocycles. The fourth-order valence-electron chi connectivity index (χ4n) is 2.64. The first kappa shape index (κ1) is 18.3. The zero-order valence-electron chi connectivity index (χ0n) is 15.0. The fraction of sp³-hybridized carbons (Fsp3) is 0.550. The molecule has 1 aromatic carbocycles. The fourth-order valence-corrected chi connectivity index (χ4v) is 2.64. The maximum atomic E-state index is 9.12. The van der Waals surface area contributed by atoms with Crippen molar-refractivity contribution in [2.75, 3.05) is 6.61 Å². The van der Waals surface area contributed by atoms with Gasteiger partial charge in [0.1, 0.15) is 5.76 Å². The first-order valence-corrected chi connectivity index (χ1v) is 8.24. The van der Waals surface area contributed by atoms with E-state index in [1.54, 1.807) is 0 Å². The summed E-state index contributed by atoms with van der Waals surface area (Å²) in [4.78, 5) is 0. The molecule has 22 heavy (non-hydrogen) atoms. The van der Waals surface area contributed by atoms with E-state index in [-0.39, 0.29) is 0 Å². The number of benzene rings is 1. The highest BCUT2D eigenvalue weighted by molar-refractivity contribution is 5.70. The average Bonchev–Trinajstić information content (AvgIpc) is 2.45. The Bertz CT molecular complexity index is 545. The molecular weight excluding hydrogens is 270 g/mol. The molecule has 1 rings (SSSR count). The van der Waals surface area contributed by atoms with Crippen molar-refractivity contribution in [2.45, 2.75) is 66.2 Å². The summed E-state index contributed by atoms with van der Waals surface area (Å²) in [6.07, 6.45) is 1.53. The molecule has 0 aliphatic heterocycles. The summed E-state index contributed by atoms with van der Waals surface area (Å²) in [7, 11) is 0. The molecule has 0 unspecified atom stereocenters. The van der Waals surface area contributed by atoms with Crippen molar-refractivity contribution in [3.8, 4) is 6.07 Å². The lowest BCUT2D eigenvalue weighted by atomic mass is 9.83. The average molecular weight is 299 g/mol. The van der Waals surface area contributed by atoms with Crippen LogP contribution in [0, 0.1) is 11.3 Å². The lowest BCUT2D eigenvalue weighted by Crippen LogP contribution is -2.08. The predicted molar refractivity (Wildman–Crippen MR) is 93.9 cm³/mol. The van der Waals surface area contributed by atoms with E-state index in [1.807, 2.05) is 6.92 Å². The van der Waals surface area contributed by atoms with E-state index < -0.39 is 0 Å². The zero-order chi connectivity index (χ0) is 16.9. The SMILES string of the molecule is CCO/C(=C\C#N)c1c(C(C)C)cc(C(C)C)cc1C(C)C. The van der Waals surface area contributed by atoms with Crippen LogP contribution >= 0.6 is 0 Å². The van der Waals surface area contributed by atoms with E-state index in [1.165, 1.54) is 22.8 Å². The molecule has 0 spiro atoms. The van der Waals surface area contributed by atoms with Gasteiger partial charge in [0, 0.05) is 5.56 Å². The van der Waals surface area contributed by atoms with Crippen molar-refractivity contribution < 1.29 is 4.74 Å². The third-order valence-electron chi connectivity index (χ3n) is 3.87. The highest BCUT2D eigenvalue weighted by Crippen LogP contribution is 2.36. The van der Waals surface area contributed by atoms with Crippen molar-refractivity contribution in [1.82, 2.24) is 0 Å². The maximum Gasteiger partial charge on any atom is 0.137 e. The molecule has 1 aromatic rings. The Morgan fingerprint density at radius 3 is 1.86 bits per heavy atom. The Morgan fingerprint density at radius 1 is 1.05 bits per heavy atom. The van der Waals surface area contributed by atoms with E-state index in [4.69, 9.17) is 10.00 Å². The number of nitriles is 1. The van der Waals surface area contributed by atoms with Gasteiger partial charge in [-0.1, -0.05) is 53.7 Å². The van der Waals surface area contributed by atoms with Crippen molar-refractivity contribution in [3.63, 3.8) is 0 Å². The quantitative estimate of drug-likeness (QED) is 0.479. The number of rotatable bonds is 6. The summed E-state index contributed by atoms with van der Waals surface area (Å²) >= 11 is 0. The molecule has 0 N–H and O–H groups in total. The number of allylic oxidation sites excluding steroid dienone is 1.